The summed E-state index contributed by atoms with van der Waals surface area (Å²) in [6, 6.07) is 12.7. The Morgan fingerprint density at radius 1 is 1.16 bits per heavy atom. The highest BCUT2D eigenvalue weighted by atomic mass is 35.5. The van der Waals surface area contributed by atoms with E-state index in [1.54, 1.807) is 25.1 Å². The molecule has 0 bridgehead atoms. The van der Waals surface area contributed by atoms with Gasteiger partial charge in [-0.15, -0.1) is 0 Å². The van der Waals surface area contributed by atoms with Crippen LogP contribution >= 0.6 is 23.2 Å². The number of hydrogen-bond acceptors (Lipinski definition) is 4. The number of nitrogens with one attached hydrogen (secondary N) is 2. The van der Waals surface area contributed by atoms with Crippen LogP contribution in [-0.2, 0) is 17.3 Å². The van der Waals surface area contributed by atoms with Crippen LogP contribution in [0.25, 0.3) is 10.9 Å². The molecule has 2 heterocycles. The van der Waals surface area contributed by atoms with Crippen molar-refractivity contribution in [3.63, 3.8) is 0 Å². The monoisotopic (exact) mass is 473 g/mol. The van der Waals surface area contributed by atoms with Crippen LogP contribution in [0.2, 0.25) is 10.0 Å². The number of carbonyl (C=O) groups excluding carboxylic acids is 2. The van der Waals surface area contributed by atoms with Gasteiger partial charge >= 0.3 is 5.97 Å². The average Bonchev–Trinajstić information content (AvgIpc) is 3.14. The number of benzene rings is 2. The molecule has 0 saturated carbocycles. The van der Waals surface area contributed by atoms with Crippen LogP contribution in [0.3, 0.4) is 0 Å². The van der Waals surface area contributed by atoms with Crippen LogP contribution in [-0.4, -0.2) is 36.1 Å². The van der Waals surface area contributed by atoms with E-state index in [4.69, 9.17) is 27.9 Å². The third kappa shape index (κ3) is 4.10. The van der Waals surface area contributed by atoms with Crippen LogP contribution in [0.4, 0.5) is 0 Å². The number of hydrogen-bond donors (Lipinski definition) is 2. The zero-order valence-electron chi connectivity index (χ0n) is 18.0. The molecule has 2 N–H and O–H groups in total. The van der Waals surface area contributed by atoms with Crippen LogP contribution in [0.15, 0.2) is 42.5 Å². The minimum absolute atomic E-state index is 0.209. The maximum absolute atomic E-state index is 13.5. The quantitative estimate of drug-likeness (QED) is 0.528. The van der Waals surface area contributed by atoms with Crippen molar-refractivity contribution in [1.29, 1.82) is 0 Å². The number of fused-ring (bicyclic) bond motifs is 1. The molecule has 32 heavy (non-hydrogen) atoms. The first-order valence-corrected chi connectivity index (χ1v) is 11.4. The molecule has 0 spiro atoms. The minimum Gasteiger partial charge on any atom is -0.462 e. The van der Waals surface area contributed by atoms with E-state index in [1.165, 1.54) is 0 Å². The van der Waals surface area contributed by atoms with Crippen molar-refractivity contribution in [3.05, 3.63) is 69.3 Å². The highest BCUT2D eigenvalue weighted by Gasteiger charge is 2.36. The van der Waals surface area contributed by atoms with E-state index < -0.39 is 5.54 Å². The lowest BCUT2D eigenvalue weighted by molar-refractivity contribution is 0.0526. The molecular formula is C24H25Cl2N3O3. The number of aromatic nitrogens is 1. The Labute approximate surface area is 196 Å². The average molecular weight is 474 g/mol. The summed E-state index contributed by atoms with van der Waals surface area (Å²) in [5.74, 6) is -0.579. The van der Waals surface area contributed by atoms with Gasteiger partial charge in [0, 0.05) is 18.0 Å². The molecule has 1 aliphatic heterocycles. The number of aryl methyl sites for hydroxylation is 1. The second-order valence-corrected chi connectivity index (χ2v) is 8.76. The van der Waals surface area contributed by atoms with Crippen molar-refractivity contribution in [3.8, 4) is 0 Å². The summed E-state index contributed by atoms with van der Waals surface area (Å²) in [7, 11) is 1.83. The predicted molar refractivity (Wildman–Crippen MR) is 127 cm³/mol. The Morgan fingerprint density at radius 2 is 1.91 bits per heavy atom. The van der Waals surface area contributed by atoms with Gasteiger partial charge in [-0.3, -0.25) is 4.79 Å². The highest BCUT2D eigenvalue weighted by Crippen LogP contribution is 2.35. The molecule has 3 aromatic rings. The smallest absolute Gasteiger partial charge is 0.338 e. The van der Waals surface area contributed by atoms with Crippen LogP contribution in [0.5, 0.6) is 0 Å². The first kappa shape index (κ1) is 22.6. The summed E-state index contributed by atoms with van der Waals surface area (Å²) >= 11 is 12.5. The zero-order valence-corrected chi connectivity index (χ0v) is 19.5. The number of piperidine rings is 1. The summed E-state index contributed by atoms with van der Waals surface area (Å²) in [6.45, 7) is 3.59. The number of esters is 1. The van der Waals surface area contributed by atoms with E-state index in [1.807, 2.05) is 35.9 Å². The molecule has 1 fully saturated rings. The van der Waals surface area contributed by atoms with E-state index in [9.17, 15) is 9.59 Å². The van der Waals surface area contributed by atoms with Gasteiger partial charge in [0.05, 0.1) is 27.8 Å². The van der Waals surface area contributed by atoms with E-state index in [0.717, 1.165) is 29.6 Å². The van der Waals surface area contributed by atoms with Gasteiger partial charge in [-0.25, -0.2) is 4.79 Å². The molecule has 0 unspecified atom stereocenters. The number of ether oxygens (including phenoxy) is 1. The van der Waals surface area contributed by atoms with Gasteiger partial charge < -0.3 is 19.9 Å². The van der Waals surface area contributed by atoms with E-state index in [0.29, 0.717) is 40.8 Å². The Balaban J connectivity index is 1.71. The number of amides is 1. The fraction of sp³-hybridized carbons (Fsp3) is 0.333. The fourth-order valence-corrected chi connectivity index (χ4v) is 4.73. The first-order chi connectivity index (χ1) is 15.4. The third-order valence-corrected chi connectivity index (χ3v) is 6.90. The van der Waals surface area contributed by atoms with E-state index in [-0.39, 0.29) is 11.9 Å². The van der Waals surface area contributed by atoms with Crippen molar-refractivity contribution in [1.82, 2.24) is 15.2 Å². The summed E-state index contributed by atoms with van der Waals surface area (Å²) in [5, 5.41) is 8.22. The molecule has 1 aliphatic rings. The summed E-state index contributed by atoms with van der Waals surface area (Å²) in [5.41, 5.74) is 2.07. The normalized spacial score (nSPS) is 15.5. The van der Waals surface area contributed by atoms with Crippen LogP contribution in [0, 0.1) is 0 Å². The molecule has 0 atom stereocenters. The molecule has 2 aromatic carbocycles. The van der Waals surface area contributed by atoms with Gasteiger partial charge in [-0.2, -0.15) is 0 Å². The second-order valence-electron chi connectivity index (χ2n) is 7.97. The van der Waals surface area contributed by atoms with Gasteiger partial charge in [-0.1, -0.05) is 35.3 Å². The summed E-state index contributed by atoms with van der Waals surface area (Å²) < 4.78 is 6.97. The van der Waals surface area contributed by atoms with Crippen molar-refractivity contribution < 1.29 is 14.3 Å². The molecular weight excluding hydrogens is 449 g/mol. The van der Waals surface area contributed by atoms with Crippen LogP contribution < -0.4 is 10.6 Å². The molecule has 1 saturated heterocycles. The highest BCUT2D eigenvalue weighted by molar-refractivity contribution is 6.45. The fourth-order valence-electron chi connectivity index (χ4n) is 4.35. The minimum atomic E-state index is -0.608. The van der Waals surface area contributed by atoms with E-state index >= 15 is 0 Å². The topological polar surface area (TPSA) is 72.4 Å². The number of rotatable bonds is 5. The van der Waals surface area contributed by atoms with Crippen molar-refractivity contribution >= 4 is 46.0 Å². The van der Waals surface area contributed by atoms with Gasteiger partial charge in [0.1, 0.15) is 5.69 Å². The van der Waals surface area contributed by atoms with Crippen molar-refractivity contribution in [2.24, 2.45) is 7.05 Å². The molecule has 1 amide bonds. The SMILES string of the molecule is CCOC(=O)c1cccc(C2(NC(=O)c3cc4c(Cl)c(Cl)ccc4n3C)CCNCC2)c1. The summed E-state index contributed by atoms with van der Waals surface area (Å²) in [6.07, 6.45) is 1.39. The second kappa shape index (κ2) is 9.14. The zero-order chi connectivity index (χ0) is 22.9. The maximum atomic E-state index is 13.5. The van der Waals surface area contributed by atoms with Gasteiger partial charge in [0.25, 0.3) is 5.91 Å². The van der Waals surface area contributed by atoms with Gasteiger partial charge in [0.15, 0.2) is 0 Å². The molecule has 8 heteroatoms. The summed E-state index contributed by atoms with van der Waals surface area (Å²) in [4.78, 5) is 25.8. The van der Waals surface area contributed by atoms with E-state index in [2.05, 4.69) is 10.6 Å². The lowest BCUT2D eigenvalue weighted by atomic mass is 9.80. The number of halogens is 2. The maximum Gasteiger partial charge on any atom is 0.338 e. The lowest BCUT2D eigenvalue weighted by Gasteiger charge is -2.39. The molecule has 0 radical (unpaired) electrons. The van der Waals surface area contributed by atoms with Crippen molar-refractivity contribution in [2.45, 2.75) is 25.3 Å². The van der Waals surface area contributed by atoms with Gasteiger partial charge in [-0.05, 0) is 68.8 Å². The Bertz CT molecular complexity index is 1180. The Morgan fingerprint density at radius 3 is 2.62 bits per heavy atom. The largest absolute Gasteiger partial charge is 0.462 e. The Hall–Kier alpha value is -2.54. The lowest BCUT2D eigenvalue weighted by Crippen LogP contribution is -2.52. The Kier molecular flexibility index (Phi) is 6.47. The first-order valence-electron chi connectivity index (χ1n) is 10.6. The number of nitrogens with zero attached hydrogens (tertiary/aromatic N) is 1. The third-order valence-electron chi connectivity index (χ3n) is 6.08. The predicted octanol–water partition coefficient (Wildman–Crippen LogP) is 4.67. The molecule has 168 valence electrons. The molecule has 1 aromatic heterocycles. The standard InChI is InChI=1S/C24H25Cl2N3O3/c1-3-32-23(31)15-5-4-6-16(13-15)24(9-11-27-12-10-24)28-22(30)20-14-17-19(29(20)2)8-7-18(25)21(17)26/h4-8,13-14,27H,3,9-12H2,1-2H3,(H,28,30). The molecule has 6 nitrogen and oxygen atoms in total. The molecule has 4 rings (SSSR count). The van der Waals surface area contributed by atoms with Crippen LogP contribution in [0.1, 0.15) is 46.2 Å². The number of carbonyl (C=O) groups is 2. The van der Waals surface area contributed by atoms with Gasteiger partial charge in [0.2, 0.25) is 0 Å². The van der Waals surface area contributed by atoms with Crippen molar-refractivity contribution in [2.75, 3.05) is 19.7 Å². The molecule has 0 aliphatic carbocycles.